The molecular formula is C21H18ClN3O3. The molecule has 2 aromatic carbocycles. The second-order valence-corrected chi connectivity index (χ2v) is 6.59. The summed E-state index contributed by atoms with van der Waals surface area (Å²) in [7, 11) is 0. The summed E-state index contributed by atoms with van der Waals surface area (Å²) >= 11 is 6.07. The largest absolute Gasteiger partial charge is 0.463 e. The van der Waals surface area contributed by atoms with E-state index in [1.54, 1.807) is 62.4 Å². The van der Waals surface area contributed by atoms with Gasteiger partial charge in [-0.2, -0.15) is 5.26 Å². The predicted molar refractivity (Wildman–Crippen MR) is 106 cm³/mol. The Balaban J connectivity index is 2.12. The summed E-state index contributed by atoms with van der Waals surface area (Å²) < 4.78 is 5.24. The van der Waals surface area contributed by atoms with E-state index in [0.717, 1.165) is 0 Å². The Morgan fingerprint density at radius 1 is 1.29 bits per heavy atom. The SMILES string of the molecule is CCOC(=O)C1=C(C)N(c2cccc(Cl)c2)C(=O)NC1c1ccc(C#N)cc1. The van der Waals surface area contributed by atoms with E-state index in [-0.39, 0.29) is 12.6 Å². The molecule has 1 aliphatic heterocycles. The zero-order chi connectivity index (χ0) is 20.3. The molecule has 0 saturated heterocycles. The van der Waals surface area contributed by atoms with E-state index in [0.29, 0.717) is 33.1 Å². The van der Waals surface area contributed by atoms with E-state index in [9.17, 15) is 9.59 Å². The van der Waals surface area contributed by atoms with Crippen molar-refractivity contribution in [3.05, 3.63) is 76.0 Å². The van der Waals surface area contributed by atoms with Gasteiger partial charge in [0.2, 0.25) is 0 Å². The van der Waals surface area contributed by atoms with Gasteiger partial charge in [0.1, 0.15) is 0 Å². The third-order valence-electron chi connectivity index (χ3n) is 4.42. The average molecular weight is 396 g/mol. The van der Waals surface area contributed by atoms with Crippen LogP contribution in [0.4, 0.5) is 10.5 Å². The number of rotatable bonds is 4. The zero-order valence-corrected chi connectivity index (χ0v) is 16.2. The molecule has 0 saturated carbocycles. The number of halogens is 1. The highest BCUT2D eigenvalue weighted by atomic mass is 35.5. The predicted octanol–water partition coefficient (Wildman–Crippen LogP) is 4.32. The molecule has 1 atom stereocenters. The van der Waals surface area contributed by atoms with Gasteiger partial charge in [-0.15, -0.1) is 0 Å². The van der Waals surface area contributed by atoms with Crippen molar-refractivity contribution in [2.24, 2.45) is 0 Å². The zero-order valence-electron chi connectivity index (χ0n) is 15.4. The third-order valence-corrected chi connectivity index (χ3v) is 4.65. The van der Waals surface area contributed by atoms with Crippen LogP contribution in [0.3, 0.4) is 0 Å². The number of nitriles is 1. The number of urea groups is 1. The number of esters is 1. The van der Waals surface area contributed by atoms with Gasteiger partial charge in [0.25, 0.3) is 0 Å². The first-order chi connectivity index (χ1) is 13.5. The minimum atomic E-state index is -0.685. The lowest BCUT2D eigenvalue weighted by atomic mass is 9.94. The average Bonchev–Trinajstić information content (AvgIpc) is 2.68. The molecule has 0 aromatic heterocycles. The summed E-state index contributed by atoms with van der Waals surface area (Å²) in [6.07, 6.45) is 0. The molecule has 1 heterocycles. The van der Waals surface area contributed by atoms with Crippen LogP contribution >= 0.6 is 11.6 Å². The van der Waals surface area contributed by atoms with Crippen LogP contribution in [0, 0.1) is 11.3 Å². The first-order valence-electron chi connectivity index (χ1n) is 8.70. The normalized spacial score (nSPS) is 16.4. The van der Waals surface area contributed by atoms with Crippen LogP contribution in [0.1, 0.15) is 31.0 Å². The molecule has 6 nitrogen and oxygen atoms in total. The van der Waals surface area contributed by atoms with Crippen LogP contribution < -0.4 is 10.2 Å². The minimum absolute atomic E-state index is 0.209. The number of allylic oxidation sites excluding steroid dienone is 1. The number of carbonyl (C=O) groups is 2. The minimum Gasteiger partial charge on any atom is -0.463 e. The van der Waals surface area contributed by atoms with Crippen molar-refractivity contribution in [3.8, 4) is 6.07 Å². The van der Waals surface area contributed by atoms with Gasteiger partial charge in [-0.3, -0.25) is 4.90 Å². The maximum atomic E-state index is 12.9. The molecule has 7 heteroatoms. The standard InChI is InChI=1S/C21H18ClN3O3/c1-3-28-20(26)18-13(2)25(17-6-4-5-16(22)11-17)21(27)24-19(18)15-9-7-14(12-23)8-10-15/h4-11,19H,3H2,1-2H3,(H,24,27). The van der Waals surface area contributed by atoms with Crippen LogP contribution in [-0.2, 0) is 9.53 Å². The lowest BCUT2D eigenvalue weighted by Crippen LogP contribution is -2.48. The summed E-state index contributed by atoms with van der Waals surface area (Å²) in [5, 5.41) is 12.3. The van der Waals surface area contributed by atoms with E-state index >= 15 is 0 Å². The van der Waals surface area contributed by atoms with Crippen molar-refractivity contribution in [3.63, 3.8) is 0 Å². The highest BCUT2D eigenvalue weighted by Gasteiger charge is 2.37. The molecule has 0 fully saturated rings. The lowest BCUT2D eigenvalue weighted by molar-refractivity contribution is -0.139. The van der Waals surface area contributed by atoms with Gasteiger partial charge in [-0.1, -0.05) is 29.8 Å². The van der Waals surface area contributed by atoms with Gasteiger partial charge < -0.3 is 10.1 Å². The van der Waals surface area contributed by atoms with Crippen LogP contribution in [0.2, 0.25) is 5.02 Å². The Hall–Kier alpha value is -3.30. The Kier molecular flexibility index (Phi) is 5.67. The van der Waals surface area contributed by atoms with Gasteiger partial charge in [0.05, 0.1) is 35.5 Å². The fourth-order valence-corrected chi connectivity index (χ4v) is 3.33. The summed E-state index contributed by atoms with van der Waals surface area (Å²) in [5.41, 5.74) is 2.50. The molecule has 3 rings (SSSR count). The monoisotopic (exact) mass is 395 g/mol. The first-order valence-corrected chi connectivity index (χ1v) is 9.08. The Labute approximate surface area is 168 Å². The molecule has 1 N–H and O–H groups in total. The second-order valence-electron chi connectivity index (χ2n) is 6.15. The second kappa shape index (κ2) is 8.15. The highest BCUT2D eigenvalue weighted by molar-refractivity contribution is 6.31. The number of benzene rings is 2. The molecule has 2 amide bonds. The Morgan fingerprint density at radius 2 is 2.00 bits per heavy atom. The van der Waals surface area contributed by atoms with Crippen molar-refractivity contribution in [2.75, 3.05) is 11.5 Å². The number of nitrogens with one attached hydrogen (secondary N) is 1. The summed E-state index contributed by atoms with van der Waals surface area (Å²) in [4.78, 5) is 27.0. The fourth-order valence-electron chi connectivity index (χ4n) is 3.14. The summed E-state index contributed by atoms with van der Waals surface area (Å²) in [5.74, 6) is -0.513. The van der Waals surface area contributed by atoms with Crippen LogP contribution in [0.15, 0.2) is 59.8 Å². The molecule has 28 heavy (non-hydrogen) atoms. The van der Waals surface area contributed by atoms with E-state index in [1.165, 1.54) is 4.90 Å². The van der Waals surface area contributed by atoms with Gasteiger partial charge in [-0.25, -0.2) is 9.59 Å². The molecule has 0 spiro atoms. The van der Waals surface area contributed by atoms with E-state index < -0.39 is 12.0 Å². The maximum Gasteiger partial charge on any atom is 0.338 e. The number of hydrogen-bond donors (Lipinski definition) is 1. The van der Waals surface area contributed by atoms with E-state index in [1.807, 2.05) is 0 Å². The van der Waals surface area contributed by atoms with Crippen molar-refractivity contribution in [2.45, 2.75) is 19.9 Å². The molecule has 1 unspecified atom stereocenters. The van der Waals surface area contributed by atoms with Crippen molar-refractivity contribution < 1.29 is 14.3 Å². The molecule has 2 aromatic rings. The van der Waals surface area contributed by atoms with Crippen LogP contribution in [0.25, 0.3) is 0 Å². The number of hydrogen-bond acceptors (Lipinski definition) is 4. The van der Waals surface area contributed by atoms with Gasteiger partial charge in [0, 0.05) is 10.7 Å². The fraction of sp³-hybridized carbons (Fsp3) is 0.190. The number of nitrogens with zero attached hydrogens (tertiary/aromatic N) is 2. The molecule has 1 aliphatic rings. The Bertz CT molecular complexity index is 993. The van der Waals surface area contributed by atoms with Gasteiger partial charge in [0.15, 0.2) is 0 Å². The van der Waals surface area contributed by atoms with Crippen molar-refractivity contribution >= 4 is 29.3 Å². The van der Waals surface area contributed by atoms with Gasteiger partial charge >= 0.3 is 12.0 Å². The quantitative estimate of drug-likeness (QED) is 0.781. The molecule has 142 valence electrons. The topological polar surface area (TPSA) is 82.4 Å². The smallest absolute Gasteiger partial charge is 0.338 e. The Morgan fingerprint density at radius 3 is 2.61 bits per heavy atom. The van der Waals surface area contributed by atoms with Crippen molar-refractivity contribution in [1.29, 1.82) is 5.26 Å². The molecule has 0 bridgehead atoms. The van der Waals surface area contributed by atoms with Crippen LogP contribution in [0.5, 0.6) is 0 Å². The number of anilines is 1. The number of amides is 2. The summed E-state index contributed by atoms with van der Waals surface area (Å²) in [6.45, 7) is 3.63. The van der Waals surface area contributed by atoms with E-state index in [2.05, 4.69) is 11.4 Å². The third kappa shape index (κ3) is 3.71. The number of carbonyl (C=O) groups excluding carboxylic acids is 2. The van der Waals surface area contributed by atoms with E-state index in [4.69, 9.17) is 21.6 Å². The lowest BCUT2D eigenvalue weighted by Gasteiger charge is -2.35. The molecular weight excluding hydrogens is 378 g/mol. The maximum absolute atomic E-state index is 12.9. The first kappa shape index (κ1) is 19.5. The molecule has 0 aliphatic carbocycles. The highest BCUT2D eigenvalue weighted by Crippen LogP contribution is 2.34. The number of ether oxygens (including phenoxy) is 1. The summed E-state index contributed by atoms with van der Waals surface area (Å²) in [6, 6.07) is 14.5. The van der Waals surface area contributed by atoms with Gasteiger partial charge in [-0.05, 0) is 49.7 Å². The van der Waals surface area contributed by atoms with Crippen molar-refractivity contribution in [1.82, 2.24) is 5.32 Å². The molecule has 0 radical (unpaired) electrons. The van der Waals surface area contributed by atoms with Crippen LogP contribution in [-0.4, -0.2) is 18.6 Å².